The quantitative estimate of drug-likeness (QED) is 0.912. The maximum absolute atomic E-state index is 11.3. The van der Waals surface area contributed by atoms with E-state index in [0.29, 0.717) is 24.3 Å². The van der Waals surface area contributed by atoms with Crippen LogP contribution in [0.3, 0.4) is 0 Å². The molecule has 0 saturated carbocycles. The summed E-state index contributed by atoms with van der Waals surface area (Å²) in [7, 11) is 0. The molecule has 0 aliphatic carbocycles. The van der Waals surface area contributed by atoms with Gasteiger partial charge in [0.1, 0.15) is 17.6 Å². The Morgan fingerprint density at radius 1 is 1.20 bits per heavy atom. The first-order valence-corrected chi connectivity index (χ1v) is 7.51. The summed E-state index contributed by atoms with van der Waals surface area (Å²) in [4.78, 5) is 13.8. The highest BCUT2D eigenvalue weighted by molar-refractivity contribution is 5.75. The molecule has 0 amide bonds. The van der Waals surface area contributed by atoms with Crippen molar-refractivity contribution in [2.45, 2.75) is 64.1 Å². The molecule has 3 rings (SSSR count). The van der Waals surface area contributed by atoms with E-state index >= 15 is 0 Å². The van der Waals surface area contributed by atoms with Gasteiger partial charge in [0, 0.05) is 12.6 Å². The molecule has 6 nitrogen and oxygen atoms in total. The summed E-state index contributed by atoms with van der Waals surface area (Å²) in [5.41, 5.74) is 0. The molecule has 2 unspecified atom stereocenters. The van der Waals surface area contributed by atoms with E-state index < -0.39 is 11.9 Å². The van der Waals surface area contributed by atoms with Gasteiger partial charge in [-0.2, -0.15) is 0 Å². The summed E-state index contributed by atoms with van der Waals surface area (Å²) in [6, 6.07) is 0.776. The Labute approximate surface area is 118 Å². The predicted molar refractivity (Wildman–Crippen MR) is 73.4 cm³/mol. The highest BCUT2D eigenvalue weighted by atomic mass is 16.4. The zero-order valence-corrected chi connectivity index (χ0v) is 12.1. The van der Waals surface area contributed by atoms with Gasteiger partial charge in [-0.15, -0.1) is 10.2 Å². The normalized spacial score (nSPS) is 26.9. The molecule has 110 valence electrons. The average Bonchev–Trinajstić information content (AvgIpc) is 3.03. The van der Waals surface area contributed by atoms with Gasteiger partial charge in [-0.1, -0.05) is 0 Å². The van der Waals surface area contributed by atoms with Crippen LogP contribution < -0.4 is 0 Å². The second-order valence-corrected chi connectivity index (χ2v) is 6.09. The highest BCUT2D eigenvalue weighted by Gasteiger charge is 2.36. The minimum absolute atomic E-state index is 0.295. The second-order valence-electron chi connectivity index (χ2n) is 6.09. The summed E-state index contributed by atoms with van der Waals surface area (Å²) < 4.78 is 2.06. The minimum Gasteiger partial charge on any atom is -0.481 e. The number of fused-ring (bicyclic) bond motifs is 1. The molecule has 0 radical (unpaired) electrons. The lowest BCUT2D eigenvalue weighted by molar-refractivity contribution is -0.139. The Morgan fingerprint density at radius 2 is 1.90 bits per heavy atom. The van der Waals surface area contributed by atoms with Gasteiger partial charge in [-0.3, -0.25) is 9.69 Å². The molecule has 2 aliphatic rings. The summed E-state index contributed by atoms with van der Waals surface area (Å²) in [5.74, 6) is 0.349. The van der Waals surface area contributed by atoms with E-state index in [1.54, 1.807) is 0 Å². The fourth-order valence-corrected chi connectivity index (χ4v) is 3.56. The SMILES string of the molecule is CC(C)N1CCCC1c1nnc2n1CCCC2C(=O)O. The molecule has 0 spiro atoms. The molecule has 1 N–H and O–H groups in total. The Morgan fingerprint density at radius 3 is 2.60 bits per heavy atom. The van der Waals surface area contributed by atoms with Crippen molar-refractivity contribution in [2.24, 2.45) is 0 Å². The molecule has 3 heterocycles. The van der Waals surface area contributed by atoms with Crippen molar-refractivity contribution in [3.63, 3.8) is 0 Å². The lowest BCUT2D eigenvalue weighted by Gasteiger charge is -2.29. The van der Waals surface area contributed by atoms with E-state index in [4.69, 9.17) is 0 Å². The van der Waals surface area contributed by atoms with Gasteiger partial charge >= 0.3 is 5.97 Å². The number of carboxylic acids is 1. The highest BCUT2D eigenvalue weighted by Crippen LogP contribution is 2.35. The molecular formula is C14H22N4O2. The smallest absolute Gasteiger partial charge is 0.314 e. The summed E-state index contributed by atoms with van der Waals surface area (Å²) >= 11 is 0. The van der Waals surface area contributed by atoms with Crippen molar-refractivity contribution in [1.29, 1.82) is 0 Å². The van der Waals surface area contributed by atoms with Gasteiger partial charge in [-0.25, -0.2) is 0 Å². The van der Waals surface area contributed by atoms with Crippen LogP contribution in [0.25, 0.3) is 0 Å². The van der Waals surface area contributed by atoms with E-state index in [0.717, 1.165) is 31.8 Å². The fraction of sp³-hybridized carbons (Fsp3) is 0.786. The summed E-state index contributed by atoms with van der Waals surface area (Å²) in [6.07, 6.45) is 3.83. The minimum atomic E-state index is -0.781. The fourth-order valence-electron chi connectivity index (χ4n) is 3.56. The Balaban J connectivity index is 1.94. The number of carbonyl (C=O) groups is 1. The zero-order chi connectivity index (χ0) is 14.3. The monoisotopic (exact) mass is 278 g/mol. The Kier molecular flexibility index (Phi) is 3.50. The van der Waals surface area contributed by atoms with Crippen LogP contribution in [0.5, 0.6) is 0 Å². The second kappa shape index (κ2) is 5.16. The molecular weight excluding hydrogens is 256 g/mol. The van der Waals surface area contributed by atoms with Gasteiger partial charge in [-0.05, 0) is 46.1 Å². The number of aliphatic carboxylic acids is 1. The van der Waals surface area contributed by atoms with E-state index in [1.807, 2.05) is 0 Å². The van der Waals surface area contributed by atoms with Crippen molar-refractivity contribution in [1.82, 2.24) is 19.7 Å². The lowest BCUT2D eigenvalue weighted by atomic mass is 9.99. The molecule has 1 fully saturated rings. The molecule has 20 heavy (non-hydrogen) atoms. The molecule has 1 aromatic heterocycles. The van der Waals surface area contributed by atoms with Gasteiger partial charge in [0.05, 0.1) is 6.04 Å². The van der Waals surface area contributed by atoms with E-state index in [1.165, 1.54) is 6.42 Å². The largest absolute Gasteiger partial charge is 0.481 e. The third-order valence-electron chi connectivity index (χ3n) is 4.55. The van der Waals surface area contributed by atoms with Crippen LogP contribution in [0.15, 0.2) is 0 Å². The first-order valence-electron chi connectivity index (χ1n) is 7.51. The summed E-state index contributed by atoms with van der Waals surface area (Å²) in [6.45, 7) is 6.34. The Hall–Kier alpha value is -1.43. The van der Waals surface area contributed by atoms with Crippen LogP contribution >= 0.6 is 0 Å². The van der Waals surface area contributed by atoms with Gasteiger partial charge in [0.25, 0.3) is 0 Å². The van der Waals surface area contributed by atoms with Gasteiger partial charge < -0.3 is 9.67 Å². The van der Waals surface area contributed by atoms with E-state index in [9.17, 15) is 9.90 Å². The van der Waals surface area contributed by atoms with Crippen LogP contribution in [0.2, 0.25) is 0 Å². The van der Waals surface area contributed by atoms with Gasteiger partial charge in [0.15, 0.2) is 0 Å². The third kappa shape index (κ3) is 2.12. The number of hydrogen-bond acceptors (Lipinski definition) is 4. The van der Waals surface area contributed by atoms with Crippen LogP contribution in [0, 0.1) is 0 Å². The molecule has 6 heteroatoms. The van der Waals surface area contributed by atoms with Crippen LogP contribution in [-0.4, -0.2) is 43.3 Å². The number of carboxylic acid groups (broad SMARTS) is 1. The van der Waals surface area contributed by atoms with Gasteiger partial charge in [0.2, 0.25) is 0 Å². The number of aromatic nitrogens is 3. The van der Waals surface area contributed by atoms with Crippen LogP contribution in [-0.2, 0) is 11.3 Å². The van der Waals surface area contributed by atoms with Crippen molar-refractivity contribution < 1.29 is 9.90 Å². The molecule has 2 atom stereocenters. The number of rotatable bonds is 3. The molecule has 0 aromatic carbocycles. The third-order valence-corrected chi connectivity index (χ3v) is 4.55. The van der Waals surface area contributed by atoms with Crippen molar-refractivity contribution in [3.8, 4) is 0 Å². The number of hydrogen-bond donors (Lipinski definition) is 1. The first-order chi connectivity index (χ1) is 9.59. The predicted octanol–water partition coefficient (Wildman–Crippen LogP) is 1.79. The van der Waals surface area contributed by atoms with Crippen LogP contribution in [0.4, 0.5) is 0 Å². The average molecular weight is 278 g/mol. The van der Waals surface area contributed by atoms with Crippen molar-refractivity contribution in [2.75, 3.05) is 6.54 Å². The maximum Gasteiger partial charge on any atom is 0.314 e. The standard InChI is InChI=1S/C14H22N4O2/c1-9(2)17-7-4-6-11(17)13-16-15-12-10(14(19)20)5-3-8-18(12)13/h9-11H,3-8H2,1-2H3,(H,19,20). The molecule has 2 aliphatic heterocycles. The molecule has 0 bridgehead atoms. The summed E-state index contributed by atoms with van der Waals surface area (Å²) in [5, 5.41) is 17.9. The Bertz CT molecular complexity index is 511. The molecule has 1 aromatic rings. The lowest BCUT2D eigenvalue weighted by Crippen LogP contribution is -2.32. The number of nitrogens with zero attached hydrogens (tertiary/aromatic N) is 4. The number of likely N-dealkylation sites (tertiary alicyclic amines) is 1. The zero-order valence-electron chi connectivity index (χ0n) is 12.1. The topological polar surface area (TPSA) is 71.2 Å². The van der Waals surface area contributed by atoms with E-state index in [2.05, 4.69) is 33.5 Å². The first kappa shape index (κ1) is 13.5. The molecule has 1 saturated heterocycles. The van der Waals surface area contributed by atoms with Crippen molar-refractivity contribution >= 4 is 5.97 Å². The van der Waals surface area contributed by atoms with Crippen LogP contribution in [0.1, 0.15) is 63.1 Å². The van der Waals surface area contributed by atoms with E-state index in [-0.39, 0.29) is 0 Å². The van der Waals surface area contributed by atoms with Crippen molar-refractivity contribution in [3.05, 3.63) is 11.6 Å². The maximum atomic E-state index is 11.3.